The van der Waals surface area contributed by atoms with Gasteiger partial charge in [0.05, 0.1) is 40.1 Å². The van der Waals surface area contributed by atoms with E-state index in [1.54, 1.807) is 23.7 Å². The van der Waals surface area contributed by atoms with Crippen LogP contribution < -0.4 is 20.3 Å². The van der Waals surface area contributed by atoms with Crippen molar-refractivity contribution in [2.75, 3.05) is 43.6 Å². The van der Waals surface area contributed by atoms with Crippen molar-refractivity contribution >= 4 is 39.5 Å². The van der Waals surface area contributed by atoms with Gasteiger partial charge in [-0.2, -0.15) is 10.4 Å². The summed E-state index contributed by atoms with van der Waals surface area (Å²) in [5.74, 6) is -0.0765. The number of piperidine rings is 1. The molecule has 9 heterocycles. The van der Waals surface area contributed by atoms with E-state index < -0.39 is 0 Å². The molecule has 5 fully saturated rings. The SMILES string of the molecule is CN1C2CCC1CN(c1nnc(-c3cnc(-c4ccc5cc(C#N)cnn45)cc3NC3CCOCC3)s1)C2.O=C1CCC(c2ccc(OC3CCCCC3)nc2)C(=O)N1. The third kappa shape index (κ3) is 8.64. The van der Waals surface area contributed by atoms with Crippen molar-refractivity contribution in [2.24, 2.45) is 0 Å². The van der Waals surface area contributed by atoms with Gasteiger partial charge in [0.1, 0.15) is 12.2 Å². The van der Waals surface area contributed by atoms with Crippen LogP contribution in [0, 0.1) is 11.3 Å². The molecule has 59 heavy (non-hydrogen) atoms. The Morgan fingerprint density at radius 3 is 2.47 bits per heavy atom. The highest BCUT2D eigenvalue weighted by Crippen LogP contribution is 2.38. The second-order valence-electron chi connectivity index (χ2n) is 16.2. The third-order valence-electron chi connectivity index (χ3n) is 12.4. The number of rotatable bonds is 8. The van der Waals surface area contributed by atoms with E-state index >= 15 is 0 Å². The number of aromatic nitrogens is 6. The summed E-state index contributed by atoms with van der Waals surface area (Å²) in [6, 6.07) is 15.3. The Labute approximate surface area is 347 Å². The quantitative estimate of drug-likeness (QED) is 0.175. The molecule has 2 bridgehead atoms. The predicted molar refractivity (Wildman–Crippen MR) is 223 cm³/mol. The lowest BCUT2D eigenvalue weighted by molar-refractivity contribution is -0.134. The average Bonchev–Trinajstić information content (AvgIpc) is 3.97. The number of carbonyl (C=O) groups excluding carboxylic acids is 2. The molecule has 2 N–H and O–H groups in total. The number of pyridine rings is 2. The van der Waals surface area contributed by atoms with Gasteiger partial charge in [0.25, 0.3) is 0 Å². The lowest BCUT2D eigenvalue weighted by Crippen LogP contribution is -2.52. The van der Waals surface area contributed by atoms with E-state index in [-0.39, 0.29) is 23.8 Å². The zero-order chi connectivity index (χ0) is 40.3. The minimum Gasteiger partial charge on any atom is -0.474 e. The molecule has 0 aromatic carbocycles. The number of likely N-dealkylation sites (N-methyl/N-ethyl adjacent to an activating group) is 1. The highest BCUT2D eigenvalue weighted by Gasteiger charge is 2.38. The van der Waals surface area contributed by atoms with Crippen LogP contribution in [-0.4, -0.2) is 104 Å². The van der Waals surface area contributed by atoms with Crippen LogP contribution in [0.25, 0.3) is 27.5 Å². The van der Waals surface area contributed by atoms with E-state index in [4.69, 9.17) is 14.5 Å². The molecule has 3 unspecified atom stereocenters. The number of fused-ring (bicyclic) bond motifs is 3. The molecule has 5 aromatic rings. The van der Waals surface area contributed by atoms with Gasteiger partial charge in [-0.1, -0.05) is 23.8 Å². The lowest BCUT2D eigenvalue weighted by Gasteiger charge is -2.38. The summed E-state index contributed by atoms with van der Waals surface area (Å²) in [5, 5.41) is 30.9. The summed E-state index contributed by atoms with van der Waals surface area (Å²) in [7, 11) is 2.25. The topological polar surface area (TPSA) is 176 Å². The van der Waals surface area contributed by atoms with Crippen molar-refractivity contribution in [3.63, 3.8) is 0 Å². The molecule has 306 valence electrons. The number of piperazine rings is 1. The Morgan fingerprint density at radius 1 is 0.915 bits per heavy atom. The van der Waals surface area contributed by atoms with Gasteiger partial charge < -0.3 is 19.7 Å². The number of hydrogen-bond acceptors (Lipinski definition) is 14. The average molecular weight is 816 g/mol. The number of anilines is 2. The van der Waals surface area contributed by atoms with Crippen molar-refractivity contribution in [2.45, 2.75) is 101 Å². The maximum absolute atomic E-state index is 11.8. The normalized spacial score (nSPS) is 22.7. The maximum Gasteiger partial charge on any atom is 0.234 e. The van der Waals surface area contributed by atoms with Gasteiger partial charge in [0.2, 0.25) is 22.8 Å². The molecular formula is C43H49N11O4S. The second-order valence-corrected chi connectivity index (χ2v) is 17.2. The van der Waals surface area contributed by atoms with Crippen LogP contribution in [0.1, 0.15) is 87.7 Å². The maximum atomic E-state index is 11.8. The van der Waals surface area contributed by atoms with Crippen LogP contribution in [0.4, 0.5) is 10.8 Å². The van der Waals surface area contributed by atoms with Crippen LogP contribution >= 0.6 is 11.3 Å². The molecule has 2 amide bonds. The lowest BCUT2D eigenvalue weighted by atomic mass is 9.92. The number of carbonyl (C=O) groups is 2. The largest absolute Gasteiger partial charge is 0.474 e. The monoisotopic (exact) mass is 815 g/mol. The van der Waals surface area contributed by atoms with Crippen molar-refractivity contribution in [3.05, 3.63) is 66.1 Å². The van der Waals surface area contributed by atoms with Crippen molar-refractivity contribution in [1.82, 2.24) is 40.0 Å². The first-order chi connectivity index (χ1) is 28.9. The number of nitrogens with one attached hydrogen (secondary N) is 2. The van der Waals surface area contributed by atoms with Crippen LogP contribution in [-0.2, 0) is 14.3 Å². The Bertz CT molecular complexity index is 2320. The number of ether oxygens (including phenoxy) is 2. The van der Waals surface area contributed by atoms with E-state index in [0.717, 1.165) is 95.8 Å². The van der Waals surface area contributed by atoms with Crippen LogP contribution in [0.3, 0.4) is 0 Å². The molecule has 3 atom stereocenters. The summed E-state index contributed by atoms with van der Waals surface area (Å²) < 4.78 is 13.3. The van der Waals surface area contributed by atoms with Gasteiger partial charge in [-0.3, -0.25) is 24.8 Å². The molecule has 0 radical (unpaired) electrons. The Morgan fingerprint density at radius 2 is 1.73 bits per heavy atom. The van der Waals surface area contributed by atoms with Crippen LogP contribution in [0.5, 0.6) is 5.88 Å². The van der Waals surface area contributed by atoms with Crippen LogP contribution in [0.15, 0.2) is 55.0 Å². The summed E-state index contributed by atoms with van der Waals surface area (Å²) >= 11 is 1.64. The fraction of sp³-hybridized carbons (Fsp3) is 0.488. The molecule has 15 nitrogen and oxygen atoms in total. The van der Waals surface area contributed by atoms with Gasteiger partial charge in [-0.15, -0.1) is 10.2 Å². The predicted octanol–water partition coefficient (Wildman–Crippen LogP) is 5.97. The summed E-state index contributed by atoms with van der Waals surface area (Å²) in [6.07, 6.45) is 16.7. The first-order valence-corrected chi connectivity index (χ1v) is 21.7. The molecule has 4 saturated heterocycles. The molecule has 16 heteroatoms. The Kier molecular flexibility index (Phi) is 11.5. The van der Waals surface area contributed by atoms with E-state index in [9.17, 15) is 14.9 Å². The van der Waals surface area contributed by atoms with E-state index in [2.05, 4.69) is 59.9 Å². The van der Waals surface area contributed by atoms with Gasteiger partial charge in [0.15, 0.2) is 5.01 Å². The number of imide groups is 1. The summed E-state index contributed by atoms with van der Waals surface area (Å²) in [4.78, 5) is 37.1. The molecule has 0 spiro atoms. The van der Waals surface area contributed by atoms with Crippen molar-refractivity contribution in [3.8, 4) is 33.9 Å². The smallest absolute Gasteiger partial charge is 0.234 e. The second kappa shape index (κ2) is 17.4. The van der Waals surface area contributed by atoms with Gasteiger partial charge in [-0.25, -0.2) is 9.50 Å². The van der Waals surface area contributed by atoms with Gasteiger partial charge >= 0.3 is 0 Å². The first kappa shape index (κ1) is 39.0. The van der Waals surface area contributed by atoms with E-state index in [1.165, 1.54) is 32.1 Å². The molecule has 10 rings (SSSR count). The highest BCUT2D eigenvalue weighted by atomic mass is 32.1. The molecule has 5 aliphatic rings. The molecule has 1 aliphatic carbocycles. The number of nitriles is 1. The number of nitrogens with zero attached hydrogens (tertiary/aromatic N) is 9. The minimum atomic E-state index is -0.279. The van der Waals surface area contributed by atoms with E-state index in [1.807, 2.05) is 41.0 Å². The van der Waals surface area contributed by atoms with Gasteiger partial charge in [-0.05, 0) is 94.7 Å². The van der Waals surface area contributed by atoms with Gasteiger partial charge in [0, 0.05) is 75.0 Å². The summed E-state index contributed by atoms with van der Waals surface area (Å²) in [6.45, 7) is 3.53. The summed E-state index contributed by atoms with van der Waals surface area (Å²) in [5.41, 5.74) is 5.87. The standard InChI is InChI=1S/C27H29N9OS.C16H20N2O3/c1-34-20-2-3-21(34)16-35(15-20)27-33-32-26(38-27)22-14-29-24(11-23(22)31-18-6-8-37-9-7-18)25-5-4-19-10-17(12-28)13-30-36(19)25;19-14-8-7-13(16(20)18-14)11-6-9-15(17-10-11)21-12-4-2-1-3-5-12/h4-5,10-11,13-14,18,20-21H,2-3,6-9,15-16H2,1H3,(H,29,31);6,9-10,12-13H,1-5,7-8H2,(H,18,19,20). The number of amides is 2. The third-order valence-corrected chi connectivity index (χ3v) is 13.4. The fourth-order valence-electron chi connectivity index (χ4n) is 8.96. The first-order valence-electron chi connectivity index (χ1n) is 20.9. The minimum absolute atomic E-state index is 0.193. The fourth-order valence-corrected chi connectivity index (χ4v) is 9.84. The molecule has 1 saturated carbocycles. The Balaban J connectivity index is 0.000000181. The molecule has 4 aliphatic heterocycles. The van der Waals surface area contributed by atoms with Crippen molar-refractivity contribution in [1.29, 1.82) is 5.26 Å². The number of hydrogen-bond donors (Lipinski definition) is 2. The zero-order valence-corrected chi connectivity index (χ0v) is 34.1. The molecular weight excluding hydrogens is 767 g/mol. The zero-order valence-electron chi connectivity index (χ0n) is 33.3. The van der Waals surface area contributed by atoms with Crippen LogP contribution in [0.2, 0.25) is 0 Å². The van der Waals surface area contributed by atoms with Crippen molar-refractivity contribution < 1.29 is 19.1 Å². The Hall–Kier alpha value is -5.50. The van der Waals surface area contributed by atoms with E-state index in [0.29, 0.717) is 42.4 Å². The highest BCUT2D eigenvalue weighted by molar-refractivity contribution is 7.18. The molecule has 5 aromatic heterocycles.